The number of carbonyl (C=O) groups excluding carboxylic acids is 1. The first-order valence-corrected chi connectivity index (χ1v) is 9.52. The van der Waals surface area contributed by atoms with E-state index >= 15 is 0 Å². The summed E-state index contributed by atoms with van der Waals surface area (Å²) in [6.45, 7) is 1.90. The number of nitrogens with one attached hydrogen (secondary N) is 1. The number of anilines is 1. The summed E-state index contributed by atoms with van der Waals surface area (Å²) in [6.07, 6.45) is 0. The van der Waals surface area contributed by atoms with Crippen molar-refractivity contribution in [3.05, 3.63) is 75.8 Å². The lowest BCUT2D eigenvalue weighted by Gasteiger charge is -2.11. The Morgan fingerprint density at radius 2 is 1.90 bits per heavy atom. The van der Waals surface area contributed by atoms with Gasteiger partial charge in [-0.25, -0.2) is 4.98 Å². The number of benzene rings is 3. The average Bonchev–Trinajstić information content (AvgIpc) is 3.14. The van der Waals surface area contributed by atoms with Crippen molar-refractivity contribution in [2.45, 2.75) is 6.92 Å². The van der Waals surface area contributed by atoms with Gasteiger partial charge in [0.05, 0.1) is 17.7 Å². The Morgan fingerprint density at radius 1 is 1.07 bits per heavy atom. The van der Waals surface area contributed by atoms with Gasteiger partial charge in [0.2, 0.25) is 5.89 Å². The van der Waals surface area contributed by atoms with Crippen molar-refractivity contribution >= 4 is 45.9 Å². The van der Waals surface area contributed by atoms with Crippen LogP contribution in [0, 0.1) is 6.92 Å². The van der Waals surface area contributed by atoms with E-state index in [0.717, 1.165) is 11.1 Å². The molecule has 1 amide bonds. The summed E-state index contributed by atoms with van der Waals surface area (Å²) in [5.41, 5.74) is 3.89. The predicted octanol–water partition coefficient (Wildman–Crippen LogP) is 6.37. The highest BCUT2D eigenvalue weighted by molar-refractivity contribution is 6.36. The fourth-order valence-electron chi connectivity index (χ4n) is 2.91. The van der Waals surface area contributed by atoms with Crippen molar-refractivity contribution in [3.63, 3.8) is 0 Å². The summed E-state index contributed by atoms with van der Waals surface area (Å²) >= 11 is 12.1. The topological polar surface area (TPSA) is 64.4 Å². The molecule has 1 heterocycles. The SMILES string of the molecule is COc1ccc2oc(-c3ccc(C)c(NC(=O)c4cc(Cl)ccc4Cl)c3)nc2c1. The van der Waals surface area contributed by atoms with Crippen LogP contribution >= 0.6 is 23.2 Å². The molecular weight excluding hydrogens is 411 g/mol. The fourth-order valence-corrected chi connectivity index (χ4v) is 3.28. The molecular formula is C22H16Cl2N2O3. The van der Waals surface area contributed by atoms with E-state index in [1.165, 1.54) is 6.07 Å². The van der Waals surface area contributed by atoms with Gasteiger partial charge in [0.25, 0.3) is 5.91 Å². The Morgan fingerprint density at radius 3 is 2.69 bits per heavy atom. The van der Waals surface area contributed by atoms with E-state index in [2.05, 4.69) is 10.3 Å². The molecule has 4 aromatic rings. The van der Waals surface area contributed by atoms with Crippen molar-refractivity contribution in [1.82, 2.24) is 4.98 Å². The van der Waals surface area contributed by atoms with Crippen LogP contribution in [0.4, 0.5) is 5.69 Å². The molecule has 146 valence electrons. The van der Waals surface area contributed by atoms with Crippen LogP contribution in [-0.4, -0.2) is 18.0 Å². The first-order valence-electron chi connectivity index (χ1n) is 8.76. The number of fused-ring (bicyclic) bond motifs is 1. The van der Waals surface area contributed by atoms with E-state index < -0.39 is 0 Å². The van der Waals surface area contributed by atoms with Gasteiger partial charge in [-0.15, -0.1) is 0 Å². The summed E-state index contributed by atoms with van der Waals surface area (Å²) in [6, 6.07) is 15.8. The largest absolute Gasteiger partial charge is 0.497 e. The quantitative estimate of drug-likeness (QED) is 0.411. The van der Waals surface area contributed by atoms with E-state index in [1.54, 1.807) is 25.3 Å². The molecule has 0 spiro atoms. The highest BCUT2D eigenvalue weighted by Gasteiger charge is 2.15. The van der Waals surface area contributed by atoms with Gasteiger partial charge in [-0.05, 0) is 55.0 Å². The Kier molecular flexibility index (Phi) is 5.18. The van der Waals surface area contributed by atoms with Crippen LogP contribution in [0.5, 0.6) is 5.75 Å². The number of hydrogen-bond acceptors (Lipinski definition) is 4. The van der Waals surface area contributed by atoms with Crippen LogP contribution in [0.1, 0.15) is 15.9 Å². The molecule has 5 nitrogen and oxygen atoms in total. The number of nitrogens with zero attached hydrogens (tertiary/aromatic N) is 1. The first-order chi connectivity index (χ1) is 13.9. The molecule has 0 unspecified atom stereocenters. The predicted molar refractivity (Wildman–Crippen MR) is 115 cm³/mol. The number of aryl methyl sites for hydroxylation is 1. The number of oxazole rings is 1. The third-order valence-corrected chi connectivity index (χ3v) is 5.07. The second-order valence-corrected chi connectivity index (χ2v) is 7.30. The van der Waals surface area contributed by atoms with Crippen molar-refractivity contribution in [2.24, 2.45) is 0 Å². The summed E-state index contributed by atoms with van der Waals surface area (Å²) in [4.78, 5) is 17.2. The minimum absolute atomic E-state index is 0.304. The maximum absolute atomic E-state index is 12.7. The van der Waals surface area contributed by atoms with Crippen LogP contribution in [-0.2, 0) is 0 Å². The van der Waals surface area contributed by atoms with Gasteiger partial charge < -0.3 is 14.5 Å². The highest BCUT2D eigenvalue weighted by Crippen LogP contribution is 2.30. The zero-order chi connectivity index (χ0) is 20.5. The van der Waals surface area contributed by atoms with Crippen molar-refractivity contribution in [2.75, 3.05) is 12.4 Å². The molecule has 0 aliphatic rings. The third kappa shape index (κ3) is 3.92. The van der Waals surface area contributed by atoms with Crippen LogP contribution in [0.15, 0.2) is 59.0 Å². The molecule has 0 aliphatic heterocycles. The maximum Gasteiger partial charge on any atom is 0.257 e. The number of methoxy groups -OCH3 is 1. The lowest BCUT2D eigenvalue weighted by Crippen LogP contribution is -2.13. The van der Waals surface area contributed by atoms with Gasteiger partial charge in [-0.1, -0.05) is 29.3 Å². The Labute approximate surface area is 177 Å². The molecule has 4 rings (SSSR count). The van der Waals surface area contributed by atoms with Crippen LogP contribution in [0.2, 0.25) is 10.0 Å². The average molecular weight is 427 g/mol. The molecule has 7 heteroatoms. The lowest BCUT2D eigenvalue weighted by atomic mass is 10.1. The zero-order valence-electron chi connectivity index (χ0n) is 15.6. The number of aromatic nitrogens is 1. The molecule has 1 N–H and O–H groups in total. The Bertz CT molecular complexity index is 1230. The molecule has 0 saturated carbocycles. The van der Waals surface area contributed by atoms with E-state index in [-0.39, 0.29) is 5.91 Å². The van der Waals surface area contributed by atoms with E-state index in [9.17, 15) is 4.79 Å². The van der Waals surface area contributed by atoms with Gasteiger partial charge in [0.15, 0.2) is 5.58 Å². The summed E-state index contributed by atoms with van der Waals surface area (Å²) in [7, 11) is 1.60. The van der Waals surface area contributed by atoms with E-state index in [4.69, 9.17) is 32.4 Å². The van der Waals surface area contributed by atoms with Crippen LogP contribution in [0.25, 0.3) is 22.6 Å². The lowest BCUT2D eigenvalue weighted by molar-refractivity contribution is 0.102. The minimum atomic E-state index is -0.347. The van der Waals surface area contributed by atoms with Gasteiger partial charge in [-0.3, -0.25) is 4.79 Å². The van der Waals surface area contributed by atoms with Gasteiger partial charge in [-0.2, -0.15) is 0 Å². The molecule has 0 radical (unpaired) electrons. The third-order valence-electron chi connectivity index (χ3n) is 4.50. The molecule has 3 aromatic carbocycles. The molecule has 0 aliphatic carbocycles. The molecule has 0 atom stereocenters. The van der Waals surface area contributed by atoms with Crippen molar-refractivity contribution in [3.8, 4) is 17.2 Å². The van der Waals surface area contributed by atoms with Gasteiger partial charge in [0, 0.05) is 22.3 Å². The van der Waals surface area contributed by atoms with E-state index in [1.807, 2.05) is 37.3 Å². The van der Waals surface area contributed by atoms with Crippen LogP contribution in [0.3, 0.4) is 0 Å². The first kappa shape index (κ1) is 19.3. The minimum Gasteiger partial charge on any atom is -0.497 e. The second kappa shape index (κ2) is 7.78. The zero-order valence-corrected chi connectivity index (χ0v) is 17.1. The number of ether oxygens (including phenoxy) is 1. The molecule has 0 saturated heterocycles. The van der Waals surface area contributed by atoms with Crippen molar-refractivity contribution in [1.29, 1.82) is 0 Å². The number of hydrogen-bond donors (Lipinski definition) is 1. The number of carbonyl (C=O) groups is 1. The van der Waals surface area contributed by atoms with Crippen molar-refractivity contribution < 1.29 is 13.9 Å². The maximum atomic E-state index is 12.7. The Balaban J connectivity index is 1.67. The number of rotatable bonds is 4. The van der Waals surface area contributed by atoms with Gasteiger partial charge in [0.1, 0.15) is 11.3 Å². The van der Waals surface area contributed by atoms with Gasteiger partial charge >= 0.3 is 0 Å². The molecule has 0 fully saturated rings. The molecule has 29 heavy (non-hydrogen) atoms. The molecule has 0 bridgehead atoms. The standard InChI is InChI=1S/C22H16Cl2N2O3/c1-12-3-4-13(22-26-19-11-15(28-2)6-8-20(19)29-22)9-18(12)25-21(27)16-10-14(23)5-7-17(16)24/h3-11H,1-2H3,(H,25,27). The monoisotopic (exact) mass is 426 g/mol. The normalized spacial score (nSPS) is 10.9. The number of amides is 1. The fraction of sp³-hybridized carbons (Fsp3) is 0.0909. The summed E-state index contributed by atoms with van der Waals surface area (Å²) < 4.78 is 11.1. The second-order valence-electron chi connectivity index (χ2n) is 6.46. The van der Waals surface area contributed by atoms with Crippen LogP contribution < -0.4 is 10.1 Å². The smallest absolute Gasteiger partial charge is 0.257 e. The summed E-state index contributed by atoms with van der Waals surface area (Å²) in [5.74, 6) is 0.803. The van der Waals surface area contributed by atoms with E-state index in [0.29, 0.717) is 44.0 Å². The summed E-state index contributed by atoms with van der Waals surface area (Å²) in [5, 5.41) is 3.65. The Hall–Kier alpha value is -3.02. The molecule has 1 aromatic heterocycles. The number of halogens is 2. The highest BCUT2D eigenvalue weighted by atomic mass is 35.5.